The van der Waals surface area contributed by atoms with Crippen LogP contribution in [-0.4, -0.2) is 10.9 Å². The van der Waals surface area contributed by atoms with Crippen molar-refractivity contribution in [1.82, 2.24) is 10.3 Å². The third kappa shape index (κ3) is 3.16. The van der Waals surface area contributed by atoms with Crippen LogP contribution >= 0.6 is 0 Å². The van der Waals surface area contributed by atoms with Crippen LogP contribution in [0.3, 0.4) is 0 Å². The molecule has 0 saturated carbocycles. The highest BCUT2D eigenvalue weighted by Gasteiger charge is 2.08. The maximum absolute atomic E-state index is 13.3. The molecule has 0 unspecified atom stereocenters. The molecule has 1 heterocycles. The topological polar surface area (TPSA) is 42.0 Å². The van der Waals surface area contributed by atoms with Crippen molar-refractivity contribution in [2.45, 2.75) is 20.4 Å². The predicted octanol–water partition coefficient (Wildman–Crippen LogP) is 2.77. The number of hydrogen-bond donors (Lipinski definition) is 1. The lowest BCUT2D eigenvalue weighted by atomic mass is 10.1. The van der Waals surface area contributed by atoms with Crippen molar-refractivity contribution in [2.24, 2.45) is 0 Å². The van der Waals surface area contributed by atoms with E-state index >= 15 is 0 Å². The summed E-state index contributed by atoms with van der Waals surface area (Å²) in [6.45, 7) is 4.02. The largest absolute Gasteiger partial charge is 0.346 e. The first-order chi connectivity index (χ1) is 9.08. The fraction of sp³-hybridized carbons (Fsp3) is 0.200. The molecule has 0 atom stereocenters. The van der Waals surface area contributed by atoms with Crippen molar-refractivity contribution < 1.29 is 9.18 Å². The zero-order chi connectivity index (χ0) is 13.8. The summed E-state index contributed by atoms with van der Waals surface area (Å²) in [6, 6.07) is 8.31. The van der Waals surface area contributed by atoms with E-state index in [4.69, 9.17) is 0 Å². The number of halogens is 1. The quantitative estimate of drug-likeness (QED) is 0.919. The van der Waals surface area contributed by atoms with Gasteiger partial charge in [-0.05, 0) is 49.2 Å². The molecule has 3 nitrogen and oxygen atoms in total. The molecule has 0 aliphatic carbocycles. The normalized spacial score (nSPS) is 10.3. The fourth-order valence-electron chi connectivity index (χ4n) is 1.70. The van der Waals surface area contributed by atoms with Crippen LogP contribution in [0.25, 0.3) is 0 Å². The van der Waals surface area contributed by atoms with E-state index < -0.39 is 5.82 Å². The number of nitrogens with one attached hydrogen (secondary N) is 1. The highest BCUT2D eigenvalue weighted by molar-refractivity contribution is 5.94. The summed E-state index contributed by atoms with van der Waals surface area (Å²) >= 11 is 0. The number of benzene rings is 1. The molecule has 2 rings (SSSR count). The third-order valence-electron chi connectivity index (χ3n) is 3.02. The molecule has 1 aromatic carbocycles. The monoisotopic (exact) mass is 258 g/mol. The maximum atomic E-state index is 13.3. The number of carbonyl (C=O) groups excluding carboxylic acids is 1. The number of pyridine rings is 1. The third-order valence-corrected chi connectivity index (χ3v) is 3.02. The molecule has 0 spiro atoms. The van der Waals surface area contributed by atoms with Crippen LogP contribution in [0.15, 0.2) is 36.5 Å². The van der Waals surface area contributed by atoms with E-state index in [1.807, 2.05) is 26.0 Å². The van der Waals surface area contributed by atoms with Crippen LogP contribution in [0.5, 0.6) is 0 Å². The first kappa shape index (κ1) is 13.2. The second-order valence-corrected chi connectivity index (χ2v) is 4.41. The number of carbonyl (C=O) groups is 1. The van der Waals surface area contributed by atoms with Crippen LogP contribution in [0.1, 0.15) is 27.2 Å². The van der Waals surface area contributed by atoms with Gasteiger partial charge in [0.1, 0.15) is 5.82 Å². The van der Waals surface area contributed by atoms with E-state index in [9.17, 15) is 9.18 Å². The first-order valence-electron chi connectivity index (χ1n) is 6.03. The van der Waals surface area contributed by atoms with Crippen molar-refractivity contribution in [1.29, 1.82) is 0 Å². The summed E-state index contributed by atoms with van der Waals surface area (Å²) in [4.78, 5) is 15.8. The Bertz CT molecular complexity index is 611. The van der Waals surface area contributed by atoms with Crippen molar-refractivity contribution in [2.75, 3.05) is 0 Å². The average molecular weight is 258 g/mol. The van der Waals surface area contributed by atoms with E-state index in [1.54, 1.807) is 6.07 Å². The summed E-state index contributed by atoms with van der Waals surface area (Å²) in [7, 11) is 0. The van der Waals surface area contributed by atoms with Crippen LogP contribution < -0.4 is 5.32 Å². The Labute approximate surface area is 111 Å². The molecule has 0 saturated heterocycles. The van der Waals surface area contributed by atoms with Crippen molar-refractivity contribution >= 4 is 5.91 Å². The molecule has 98 valence electrons. The van der Waals surface area contributed by atoms with Crippen LogP contribution in [0.4, 0.5) is 4.39 Å². The lowest BCUT2D eigenvalue weighted by molar-refractivity contribution is 0.0950. The van der Waals surface area contributed by atoms with Gasteiger partial charge in [-0.15, -0.1) is 0 Å². The molecule has 1 N–H and O–H groups in total. The van der Waals surface area contributed by atoms with Crippen LogP contribution in [-0.2, 0) is 6.54 Å². The standard InChI is InChI=1S/C15H15FN2O/c1-10-5-6-12(8-11(10)2)15(19)18-9-14-13(16)4-3-7-17-14/h3-8H,9H2,1-2H3,(H,18,19). The zero-order valence-corrected chi connectivity index (χ0v) is 10.9. The molecule has 0 fully saturated rings. The van der Waals surface area contributed by atoms with Gasteiger partial charge in [0.05, 0.1) is 12.2 Å². The smallest absolute Gasteiger partial charge is 0.251 e. The lowest BCUT2D eigenvalue weighted by Crippen LogP contribution is -2.24. The minimum atomic E-state index is -0.414. The van der Waals surface area contributed by atoms with Gasteiger partial charge in [0.15, 0.2) is 0 Å². The van der Waals surface area contributed by atoms with Gasteiger partial charge < -0.3 is 5.32 Å². The average Bonchev–Trinajstić information content (AvgIpc) is 2.40. The van der Waals surface area contributed by atoms with E-state index in [2.05, 4.69) is 10.3 Å². The van der Waals surface area contributed by atoms with Crippen molar-refractivity contribution in [3.8, 4) is 0 Å². The van der Waals surface area contributed by atoms with Gasteiger partial charge >= 0.3 is 0 Å². The second-order valence-electron chi connectivity index (χ2n) is 4.41. The van der Waals surface area contributed by atoms with E-state index in [0.29, 0.717) is 5.56 Å². The highest BCUT2D eigenvalue weighted by Crippen LogP contribution is 2.10. The molecule has 2 aromatic rings. The Morgan fingerprint density at radius 2 is 2.05 bits per heavy atom. The Morgan fingerprint density at radius 1 is 1.26 bits per heavy atom. The number of rotatable bonds is 3. The highest BCUT2D eigenvalue weighted by atomic mass is 19.1. The number of nitrogens with zero attached hydrogens (tertiary/aromatic N) is 1. The molecule has 0 radical (unpaired) electrons. The number of aryl methyl sites for hydroxylation is 2. The summed E-state index contributed by atoms with van der Waals surface area (Å²) in [6.07, 6.45) is 1.50. The van der Waals surface area contributed by atoms with Crippen molar-refractivity contribution in [3.63, 3.8) is 0 Å². The minimum Gasteiger partial charge on any atom is -0.346 e. The second kappa shape index (κ2) is 5.61. The Kier molecular flexibility index (Phi) is 3.90. The summed E-state index contributed by atoms with van der Waals surface area (Å²) < 4.78 is 13.3. The SMILES string of the molecule is Cc1ccc(C(=O)NCc2ncccc2F)cc1C. The van der Waals surface area contributed by atoms with Gasteiger partial charge in [-0.1, -0.05) is 6.07 Å². The first-order valence-corrected chi connectivity index (χ1v) is 6.03. The van der Waals surface area contributed by atoms with Gasteiger partial charge in [-0.25, -0.2) is 4.39 Å². The van der Waals surface area contributed by atoms with Crippen LogP contribution in [0.2, 0.25) is 0 Å². The van der Waals surface area contributed by atoms with Gasteiger partial charge in [0, 0.05) is 11.8 Å². The van der Waals surface area contributed by atoms with E-state index in [-0.39, 0.29) is 18.1 Å². The number of aromatic nitrogens is 1. The molecule has 19 heavy (non-hydrogen) atoms. The molecule has 1 amide bonds. The Balaban J connectivity index is 2.05. The molecular weight excluding hydrogens is 243 g/mol. The zero-order valence-electron chi connectivity index (χ0n) is 10.9. The molecule has 0 bridgehead atoms. The molecular formula is C15H15FN2O. The fourth-order valence-corrected chi connectivity index (χ4v) is 1.70. The van der Waals surface area contributed by atoms with E-state index in [1.165, 1.54) is 18.3 Å². The van der Waals surface area contributed by atoms with Crippen molar-refractivity contribution in [3.05, 3.63) is 64.7 Å². The number of hydrogen-bond acceptors (Lipinski definition) is 2. The van der Waals surface area contributed by atoms with Gasteiger partial charge in [0.25, 0.3) is 5.91 Å². The van der Waals surface area contributed by atoms with Crippen LogP contribution in [0, 0.1) is 19.7 Å². The Hall–Kier alpha value is -2.23. The minimum absolute atomic E-state index is 0.0818. The maximum Gasteiger partial charge on any atom is 0.251 e. The molecule has 0 aliphatic heterocycles. The predicted molar refractivity (Wildman–Crippen MR) is 71.3 cm³/mol. The summed E-state index contributed by atoms with van der Waals surface area (Å²) in [5.74, 6) is -0.643. The van der Waals surface area contributed by atoms with Gasteiger partial charge in [-0.2, -0.15) is 0 Å². The number of amides is 1. The van der Waals surface area contributed by atoms with Gasteiger partial charge in [-0.3, -0.25) is 9.78 Å². The van der Waals surface area contributed by atoms with E-state index in [0.717, 1.165) is 11.1 Å². The summed E-state index contributed by atoms with van der Waals surface area (Å²) in [5.41, 5.74) is 2.99. The molecule has 0 aliphatic rings. The lowest BCUT2D eigenvalue weighted by Gasteiger charge is -2.07. The Morgan fingerprint density at radius 3 is 2.74 bits per heavy atom. The molecule has 4 heteroatoms. The van der Waals surface area contributed by atoms with Gasteiger partial charge in [0.2, 0.25) is 0 Å². The molecule has 1 aromatic heterocycles. The summed E-state index contributed by atoms with van der Waals surface area (Å²) in [5, 5.41) is 2.66.